The maximum absolute atomic E-state index is 13.0. The van der Waals surface area contributed by atoms with E-state index >= 15 is 0 Å². The van der Waals surface area contributed by atoms with Crippen LogP contribution in [0.3, 0.4) is 0 Å². The van der Waals surface area contributed by atoms with Gasteiger partial charge in [-0.2, -0.15) is 4.80 Å². The van der Waals surface area contributed by atoms with Crippen molar-refractivity contribution in [2.45, 2.75) is 0 Å². The number of methoxy groups -OCH3 is 1. The van der Waals surface area contributed by atoms with E-state index in [9.17, 15) is 9.18 Å². The fourth-order valence-corrected chi connectivity index (χ4v) is 3.03. The SMILES string of the molecule is COC(=O)c1sc(-c2ccc(F)cc2)cc1-c1nnn(C)n1. The highest BCUT2D eigenvalue weighted by Crippen LogP contribution is 2.36. The maximum atomic E-state index is 13.0. The second kappa shape index (κ2) is 5.64. The van der Waals surface area contributed by atoms with Crippen molar-refractivity contribution in [2.75, 3.05) is 7.11 Å². The van der Waals surface area contributed by atoms with E-state index in [-0.39, 0.29) is 5.82 Å². The first-order valence-corrected chi connectivity index (χ1v) is 7.12. The van der Waals surface area contributed by atoms with Crippen LogP contribution in [0.5, 0.6) is 0 Å². The Morgan fingerprint density at radius 2 is 2.05 bits per heavy atom. The molecule has 0 amide bonds. The van der Waals surface area contributed by atoms with E-state index in [1.807, 2.05) is 0 Å². The van der Waals surface area contributed by atoms with E-state index in [1.54, 1.807) is 25.2 Å². The Bertz CT molecular complexity index is 826. The zero-order valence-electron chi connectivity index (χ0n) is 11.8. The molecule has 6 nitrogen and oxygen atoms in total. The largest absolute Gasteiger partial charge is 0.465 e. The van der Waals surface area contributed by atoms with Gasteiger partial charge in [0.2, 0.25) is 5.82 Å². The van der Waals surface area contributed by atoms with Crippen LogP contribution in [0.1, 0.15) is 9.67 Å². The van der Waals surface area contributed by atoms with Gasteiger partial charge in [0.1, 0.15) is 10.7 Å². The number of tetrazole rings is 1. The first-order valence-electron chi connectivity index (χ1n) is 6.31. The highest BCUT2D eigenvalue weighted by atomic mass is 32.1. The molecule has 0 bridgehead atoms. The molecule has 112 valence electrons. The van der Waals surface area contributed by atoms with Gasteiger partial charge in [-0.3, -0.25) is 0 Å². The van der Waals surface area contributed by atoms with Gasteiger partial charge in [0.05, 0.1) is 14.2 Å². The Morgan fingerprint density at radius 3 is 2.64 bits per heavy atom. The third-order valence-corrected chi connectivity index (χ3v) is 4.15. The van der Waals surface area contributed by atoms with Crippen LogP contribution >= 0.6 is 11.3 Å². The van der Waals surface area contributed by atoms with Gasteiger partial charge in [0, 0.05) is 10.4 Å². The third kappa shape index (κ3) is 2.60. The summed E-state index contributed by atoms with van der Waals surface area (Å²) in [6.45, 7) is 0. The van der Waals surface area contributed by atoms with Crippen molar-refractivity contribution in [3.63, 3.8) is 0 Å². The number of esters is 1. The van der Waals surface area contributed by atoms with Crippen molar-refractivity contribution in [3.8, 4) is 21.8 Å². The average molecular weight is 318 g/mol. The maximum Gasteiger partial charge on any atom is 0.348 e. The molecule has 2 heterocycles. The molecule has 2 aromatic heterocycles. The molecule has 3 rings (SSSR count). The summed E-state index contributed by atoms with van der Waals surface area (Å²) in [7, 11) is 2.95. The number of carbonyl (C=O) groups excluding carboxylic acids is 1. The van der Waals surface area contributed by atoms with Crippen LogP contribution in [0.25, 0.3) is 21.8 Å². The smallest absolute Gasteiger partial charge is 0.348 e. The highest BCUT2D eigenvalue weighted by Gasteiger charge is 2.21. The van der Waals surface area contributed by atoms with Gasteiger partial charge in [0.25, 0.3) is 0 Å². The molecule has 0 unspecified atom stereocenters. The van der Waals surface area contributed by atoms with Gasteiger partial charge in [-0.1, -0.05) is 12.1 Å². The lowest BCUT2D eigenvalue weighted by molar-refractivity contribution is 0.0607. The van der Waals surface area contributed by atoms with Crippen molar-refractivity contribution >= 4 is 17.3 Å². The molecule has 8 heteroatoms. The van der Waals surface area contributed by atoms with Crippen molar-refractivity contribution in [3.05, 3.63) is 41.0 Å². The number of carbonyl (C=O) groups is 1. The molecular formula is C14H11FN4O2S. The predicted octanol–water partition coefficient (Wildman–Crippen LogP) is 2.53. The molecule has 1 aromatic carbocycles. The Hall–Kier alpha value is -2.61. The molecule has 0 atom stereocenters. The Balaban J connectivity index is 2.12. The van der Waals surface area contributed by atoms with Crippen molar-refractivity contribution < 1.29 is 13.9 Å². The average Bonchev–Trinajstić information content (AvgIpc) is 3.13. The van der Waals surface area contributed by atoms with Gasteiger partial charge in [-0.15, -0.1) is 21.5 Å². The van der Waals surface area contributed by atoms with E-state index in [1.165, 1.54) is 35.4 Å². The zero-order valence-corrected chi connectivity index (χ0v) is 12.6. The molecule has 0 aliphatic rings. The first-order chi connectivity index (χ1) is 10.6. The molecule has 0 spiro atoms. The minimum absolute atomic E-state index is 0.315. The third-order valence-electron chi connectivity index (χ3n) is 2.98. The van der Waals surface area contributed by atoms with Crippen molar-refractivity contribution in [1.29, 1.82) is 0 Å². The summed E-state index contributed by atoms with van der Waals surface area (Å²) in [5.74, 6) is -0.447. The molecule has 0 radical (unpaired) electrons. The molecule has 0 fully saturated rings. The summed E-state index contributed by atoms with van der Waals surface area (Å²) < 4.78 is 17.8. The van der Waals surface area contributed by atoms with Crippen LogP contribution < -0.4 is 0 Å². The summed E-state index contributed by atoms with van der Waals surface area (Å²) in [6, 6.07) is 7.81. The summed E-state index contributed by atoms with van der Waals surface area (Å²) in [5.41, 5.74) is 1.34. The number of aryl methyl sites for hydroxylation is 1. The molecular weight excluding hydrogens is 307 g/mol. The number of aromatic nitrogens is 4. The van der Waals surface area contributed by atoms with E-state index in [4.69, 9.17) is 4.74 Å². The molecule has 0 saturated heterocycles. The van der Waals surface area contributed by atoms with Crippen LogP contribution in [0.2, 0.25) is 0 Å². The second-order valence-corrected chi connectivity index (χ2v) is 5.51. The number of rotatable bonds is 3. The quantitative estimate of drug-likeness (QED) is 0.694. The zero-order chi connectivity index (χ0) is 15.7. The lowest BCUT2D eigenvalue weighted by atomic mass is 10.1. The van der Waals surface area contributed by atoms with Gasteiger partial charge >= 0.3 is 5.97 Å². The second-order valence-electron chi connectivity index (χ2n) is 4.45. The Kier molecular flexibility index (Phi) is 3.68. The monoisotopic (exact) mass is 318 g/mol. The van der Waals surface area contributed by atoms with Gasteiger partial charge in [0.15, 0.2) is 0 Å². The first kappa shape index (κ1) is 14.3. The number of nitrogens with zero attached hydrogens (tertiary/aromatic N) is 4. The van der Waals surface area contributed by atoms with Crippen LogP contribution in [0.15, 0.2) is 30.3 Å². The van der Waals surface area contributed by atoms with E-state index < -0.39 is 5.97 Å². The Labute approximate surface area is 129 Å². The molecule has 0 N–H and O–H groups in total. The topological polar surface area (TPSA) is 69.9 Å². The molecule has 0 aliphatic heterocycles. The number of hydrogen-bond donors (Lipinski definition) is 0. The number of hydrogen-bond acceptors (Lipinski definition) is 6. The number of ether oxygens (including phenoxy) is 1. The fourth-order valence-electron chi connectivity index (χ4n) is 1.95. The van der Waals surface area contributed by atoms with Crippen LogP contribution in [0.4, 0.5) is 4.39 Å². The lowest BCUT2D eigenvalue weighted by Gasteiger charge is -1.97. The predicted molar refractivity (Wildman–Crippen MR) is 78.8 cm³/mol. The fraction of sp³-hybridized carbons (Fsp3) is 0.143. The van der Waals surface area contributed by atoms with Gasteiger partial charge in [-0.25, -0.2) is 9.18 Å². The van der Waals surface area contributed by atoms with Gasteiger partial charge < -0.3 is 4.74 Å². The van der Waals surface area contributed by atoms with Crippen molar-refractivity contribution in [2.24, 2.45) is 7.05 Å². The number of halogens is 1. The van der Waals surface area contributed by atoms with Crippen LogP contribution in [-0.4, -0.2) is 33.3 Å². The number of benzene rings is 1. The normalized spacial score (nSPS) is 10.7. The highest BCUT2D eigenvalue weighted by molar-refractivity contribution is 7.17. The minimum atomic E-state index is -0.471. The molecule has 3 aromatic rings. The summed E-state index contributed by atoms with van der Waals surface area (Å²) in [4.78, 5) is 14.4. The van der Waals surface area contributed by atoms with E-state index in [0.29, 0.717) is 16.3 Å². The molecule has 0 saturated carbocycles. The van der Waals surface area contributed by atoms with Crippen molar-refractivity contribution in [1.82, 2.24) is 20.2 Å². The number of thiophene rings is 1. The van der Waals surface area contributed by atoms with Gasteiger partial charge in [-0.05, 0) is 29.0 Å². The standard InChI is InChI=1S/C14H11FN4O2S/c1-19-17-13(16-18-19)10-7-11(22-12(10)14(20)21-2)8-3-5-9(15)6-4-8/h3-7H,1-2H3. The summed E-state index contributed by atoms with van der Waals surface area (Å²) >= 11 is 1.24. The summed E-state index contributed by atoms with van der Waals surface area (Å²) in [5, 5.41) is 11.8. The van der Waals surface area contributed by atoms with E-state index in [0.717, 1.165) is 10.4 Å². The molecule has 22 heavy (non-hydrogen) atoms. The molecule has 0 aliphatic carbocycles. The minimum Gasteiger partial charge on any atom is -0.465 e. The Morgan fingerprint density at radius 1 is 1.32 bits per heavy atom. The van der Waals surface area contributed by atoms with E-state index in [2.05, 4.69) is 15.4 Å². The van der Waals surface area contributed by atoms with Crippen LogP contribution in [-0.2, 0) is 11.8 Å². The lowest BCUT2D eigenvalue weighted by Crippen LogP contribution is -2.00. The summed E-state index contributed by atoms with van der Waals surface area (Å²) in [6.07, 6.45) is 0. The van der Waals surface area contributed by atoms with Crippen LogP contribution in [0, 0.1) is 5.82 Å².